The van der Waals surface area contributed by atoms with Crippen molar-refractivity contribution in [2.24, 2.45) is 0 Å². The normalized spacial score (nSPS) is 11.2. The van der Waals surface area contributed by atoms with Crippen molar-refractivity contribution in [1.82, 2.24) is 9.55 Å². The Kier molecular flexibility index (Phi) is 4.92. The number of ether oxygens (including phenoxy) is 1. The molecule has 0 atom stereocenters. The molecule has 0 aliphatic rings. The highest BCUT2D eigenvalue weighted by molar-refractivity contribution is 9.10. The molecule has 0 saturated carbocycles. The van der Waals surface area contributed by atoms with E-state index in [-0.39, 0.29) is 17.5 Å². The van der Waals surface area contributed by atoms with Crippen molar-refractivity contribution in [2.75, 3.05) is 0 Å². The Bertz CT molecular complexity index is 953. The maximum Gasteiger partial charge on any atom is 0.266 e. The van der Waals surface area contributed by atoms with Crippen LogP contribution in [0.3, 0.4) is 0 Å². The lowest BCUT2D eigenvalue weighted by Gasteiger charge is -2.18. The van der Waals surface area contributed by atoms with Gasteiger partial charge >= 0.3 is 0 Å². The Morgan fingerprint density at radius 1 is 1.25 bits per heavy atom. The lowest BCUT2D eigenvalue weighted by molar-refractivity contribution is 0.241. The second kappa shape index (κ2) is 6.95. The van der Waals surface area contributed by atoms with Crippen molar-refractivity contribution in [3.63, 3.8) is 0 Å². The highest BCUT2D eigenvalue weighted by atomic mass is 79.9. The molecule has 6 heteroatoms. The first kappa shape index (κ1) is 17.0. The van der Waals surface area contributed by atoms with Gasteiger partial charge in [-0.1, -0.05) is 28.1 Å². The summed E-state index contributed by atoms with van der Waals surface area (Å²) >= 11 is 9.53. The minimum absolute atomic E-state index is 0.0199. The van der Waals surface area contributed by atoms with E-state index in [9.17, 15) is 4.79 Å². The minimum atomic E-state index is -0.164. The first-order chi connectivity index (χ1) is 11.5. The van der Waals surface area contributed by atoms with Crippen LogP contribution in [0.15, 0.2) is 51.7 Å². The van der Waals surface area contributed by atoms with Crippen molar-refractivity contribution >= 4 is 38.4 Å². The number of nitrogens with zero attached hydrogens (tertiary/aromatic N) is 2. The first-order valence-electron chi connectivity index (χ1n) is 7.54. The summed E-state index contributed by atoms with van der Waals surface area (Å²) in [5, 5.41) is 0.543. The lowest BCUT2D eigenvalue weighted by atomic mass is 10.2. The molecule has 0 N–H and O–H groups in total. The van der Waals surface area contributed by atoms with E-state index in [0.29, 0.717) is 28.2 Å². The lowest BCUT2D eigenvalue weighted by Crippen LogP contribution is -2.24. The van der Waals surface area contributed by atoms with Crippen molar-refractivity contribution in [2.45, 2.75) is 25.8 Å². The molecule has 3 rings (SSSR count). The molecular weight excluding hydrogens is 392 g/mol. The zero-order valence-corrected chi connectivity index (χ0v) is 15.6. The van der Waals surface area contributed by atoms with Crippen LogP contribution in [0.1, 0.15) is 19.7 Å². The molecule has 4 nitrogen and oxygen atoms in total. The fourth-order valence-corrected chi connectivity index (χ4v) is 3.06. The van der Waals surface area contributed by atoms with E-state index in [1.807, 2.05) is 50.2 Å². The second-order valence-corrected chi connectivity index (χ2v) is 6.78. The Morgan fingerprint density at radius 3 is 2.71 bits per heavy atom. The first-order valence-corrected chi connectivity index (χ1v) is 8.87. The Labute approximate surface area is 153 Å². The van der Waals surface area contributed by atoms with Crippen LogP contribution in [-0.2, 0) is 5.88 Å². The van der Waals surface area contributed by atoms with Gasteiger partial charge in [-0.05, 0) is 44.2 Å². The van der Waals surface area contributed by atoms with Gasteiger partial charge in [0.25, 0.3) is 5.56 Å². The number of halogens is 2. The van der Waals surface area contributed by atoms with Gasteiger partial charge in [0.05, 0.1) is 28.6 Å². The van der Waals surface area contributed by atoms with Crippen molar-refractivity contribution < 1.29 is 4.74 Å². The molecule has 0 saturated heterocycles. The summed E-state index contributed by atoms with van der Waals surface area (Å²) in [5.41, 5.74) is 1.09. The van der Waals surface area contributed by atoms with Gasteiger partial charge in [0.15, 0.2) is 0 Å². The van der Waals surface area contributed by atoms with Crippen molar-refractivity contribution in [3.8, 4) is 11.4 Å². The number of benzene rings is 2. The average Bonchev–Trinajstić information content (AvgIpc) is 2.56. The van der Waals surface area contributed by atoms with E-state index in [1.165, 1.54) is 4.57 Å². The number of rotatable bonds is 4. The number of hydrogen-bond donors (Lipinski definition) is 0. The topological polar surface area (TPSA) is 44.1 Å². The van der Waals surface area contributed by atoms with Crippen LogP contribution in [0.2, 0.25) is 0 Å². The summed E-state index contributed by atoms with van der Waals surface area (Å²) in [7, 11) is 0. The van der Waals surface area contributed by atoms with Crippen LogP contribution in [0.4, 0.5) is 0 Å². The summed E-state index contributed by atoms with van der Waals surface area (Å²) in [6.45, 7) is 3.88. The molecule has 0 aliphatic carbocycles. The summed E-state index contributed by atoms with van der Waals surface area (Å²) in [4.78, 5) is 17.6. The average molecular weight is 408 g/mol. The zero-order chi connectivity index (χ0) is 17.3. The van der Waals surface area contributed by atoms with E-state index in [0.717, 1.165) is 4.47 Å². The van der Waals surface area contributed by atoms with E-state index >= 15 is 0 Å². The number of para-hydroxylation sites is 1. The largest absolute Gasteiger partial charge is 0.489 e. The van der Waals surface area contributed by atoms with Gasteiger partial charge < -0.3 is 4.74 Å². The van der Waals surface area contributed by atoms with Gasteiger partial charge in [-0.15, -0.1) is 11.6 Å². The van der Waals surface area contributed by atoms with Gasteiger partial charge in [-0.2, -0.15) is 0 Å². The van der Waals surface area contributed by atoms with Crippen LogP contribution in [-0.4, -0.2) is 15.7 Å². The maximum absolute atomic E-state index is 13.1. The van der Waals surface area contributed by atoms with Gasteiger partial charge in [-0.3, -0.25) is 9.36 Å². The minimum Gasteiger partial charge on any atom is -0.489 e. The zero-order valence-electron chi connectivity index (χ0n) is 13.3. The van der Waals surface area contributed by atoms with Crippen molar-refractivity contribution in [1.29, 1.82) is 0 Å². The van der Waals surface area contributed by atoms with Crippen molar-refractivity contribution in [3.05, 3.63) is 63.1 Å². The Morgan fingerprint density at radius 2 is 2.00 bits per heavy atom. The fourth-order valence-electron chi connectivity index (χ4n) is 2.54. The molecule has 0 unspecified atom stereocenters. The van der Waals surface area contributed by atoms with Crippen LogP contribution in [0.25, 0.3) is 16.6 Å². The fraction of sp³-hybridized carbons (Fsp3) is 0.222. The molecule has 124 valence electrons. The summed E-state index contributed by atoms with van der Waals surface area (Å²) < 4.78 is 8.24. The molecular formula is C18H16BrClN2O2. The number of aromatic nitrogens is 2. The predicted molar refractivity (Wildman–Crippen MR) is 100 cm³/mol. The van der Waals surface area contributed by atoms with E-state index in [1.54, 1.807) is 6.07 Å². The van der Waals surface area contributed by atoms with Crippen LogP contribution < -0.4 is 10.3 Å². The third kappa shape index (κ3) is 3.19. The Balaban J connectivity index is 2.35. The molecule has 0 amide bonds. The molecule has 0 fully saturated rings. The third-order valence-corrected chi connectivity index (χ3v) is 4.22. The molecule has 24 heavy (non-hydrogen) atoms. The Hall–Kier alpha value is -1.85. The summed E-state index contributed by atoms with van der Waals surface area (Å²) in [6, 6.07) is 12.8. The maximum atomic E-state index is 13.1. The van der Waals surface area contributed by atoms with E-state index in [2.05, 4.69) is 20.9 Å². The SMILES string of the molecule is CC(C)Oc1ccc(Br)cc1-n1c(CCl)nc2ccccc2c1=O. The highest BCUT2D eigenvalue weighted by Crippen LogP contribution is 2.28. The predicted octanol–water partition coefficient (Wildman–Crippen LogP) is 4.67. The molecule has 2 aromatic carbocycles. The van der Waals surface area contributed by atoms with Gasteiger partial charge in [0.1, 0.15) is 11.6 Å². The smallest absolute Gasteiger partial charge is 0.266 e. The molecule has 3 aromatic rings. The molecule has 1 heterocycles. The molecule has 0 aliphatic heterocycles. The van der Waals surface area contributed by atoms with Gasteiger partial charge in [-0.25, -0.2) is 4.98 Å². The van der Waals surface area contributed by atoms with E-state index < -0.39 is 0 Å². The van der Waals surface area contributed by atoms with Gasteiger partial charge in [0.2, 0.25) is 0 Å². The van der Waals surface area contributed by atoms with Crippen LogP contribution in [0, 0.1) is 0 Å². The quantitative estimate of drug-likeness (QED) is 0.590. The number of alkyl halides is 1. The molecule has 0 bridgehead atoms. The summed E-state index contributed by atoms with van der Waals surface area (Å²) in [5.74, 6) is 1.21. The van der Waals surface area contributed by atoms with Gasteiger partial charge in [0, 0.05) is 4.47 Å². The monoisotopic (exact) mass is 406 g/mol. The standard InChI is InChI=1S/C18H16BrClN2O2/c1-11(2)24-16-8-7-12(19)9-15(16)22-17(10-20)21-14-6-4-3-5-13(14)18(22)23/h3-9,11H,10H2,1-2H3. The highest BCUT2D eigenvalue weighted by Gasteiger charge is 2.16. The molecule has 1 aromatic heterocycles. The van der Waals surface area contributed by atoms with E-state index in [4.69, 9.17) is 16.3 Å². The van der Waals surface area contributed by atoms with Crippen LogP contribution >= 0.6 is 27.5 Å². The molecule has 0 radical (unpaired) electrons. The third-order valence-electron chi connectivity index (χ3n) is 3.49. The molecule has 0 spiro atoms. The second-order valence-electron chi connectivity index (χ2n) is 5.60. The number of hydrogen-bond acceptors (Lipinski definition) is 3. The summed E-state index contributed by atoms with van der Waals surface area (Å²) in [6.07, 6.45) is -0.0199. The number of fused-ring (bicyclic) bond motifs is 1. The van der Waals surface area contributed by atoms with Crippen LogP contribution in [0.5, 0.6) is 5.75 Å².